The lowest BCUT2D eigenvalue weighted by molar-refractivity contribution is 0.618. The second-order valence-corrected chi connectivity index (χ2v) is 6.17. The molecule has 4 rings (SSSR count). The van der Waals surface area contributed by atoms with Crippen molar-refractivity contribution in [2.45, 2.75) is 0 Å². The summed E-state index contributed by atoms with van der Waals surface area (Å²) in [4.78, 5) is 4.62. The highest BCUT2D eigenvalue weighted by Crippen LogP contribution is 2.34. The highest BCUT2D eigenvalue weighted by Gasteiger charge is 2.13. The van der Waals surface area contributed by atoms with Crippen LogP contribution in [0.4, 0.5) is 5.69 Å². The standard InChI is InChI=1S/C19H13BrN2O/c20-16-10-14(12-4-2-1-3-5-12)11-17-18(16)23-19(22-17)13-6-8-15(21)9-7-13/h1-11H,21H2. The molecule has 0 bridgehead atoms. The number of oxazole rings is 1. The van der Waals surface area contributed by atoms with E-state index in [1.165, 1.54) is 0 Å². The quantitative estimate of drug-likeness (QED) is 0.477. The minimum atomic E-state index is 0.589. The summed E-state index contributed by atoms with van der Waals surface area (Å²) in [5, 5.41) is 0. The van der Waals surface area contributed by atoms with E-state index in [9.17, 15) is 0 Å². The number of nitrogen functional groups attached to an aromatic ring is 1. The van der Waals surface area contributed by atoms with Crippen molar-refractivity contribution in [3.8, 4) is 22.6 Å². The molecule has 0 amide bonds. The molecule has 0 radical (unpaired) electrons. The molecule has 0 atom stereocenters. The molecule has 0 aliphatic heterocycles. The van der Waals surface area contributed by atoms with Crippen LogP contribution in [-0.4, -0.2) is 4.98 Å². The highest BCUT2D eigenvalue weighted by molar-refractivity contribution is 9.10. The molecule has 0 fully saturated rings. The third-order valence-corrected chi connectivity index (χ3v) is 4.30. The van der Waals surface area contributed by atoms with E-state index in [4.69, 9.17) is 10.2 Å². The first-order valence-electron chi connectivity index (χ1n) is 7.22. The molecule has 4 aromatic rings. The van der Waals surface area contributed by atoms with Crippen LogP contribution >= 0.6 is 15.9 Å². The van der Waals surface area contributed by atoms with Crippen LogP contribution in [0.15, 0.2) is 75.6 Å². The monoisotopic (exact) mass is 364 g/mol. The summed E-state index contributed by atoms with van der Waals surface area (Å²) < 4.78 is 6.81. The summed E-state index contributed by atoms with van der Waals surface area (Å²) in [6.07, 6.45) is 0. The van der Waals surface area contributed by atoms with Crippen molar-refractivity contribution in [1.82, 2.24) is 4.98 Å². The van der Waals surface area contributed by atoms with E-state index in [0.717, 1.165) is 38.0 Å². The zero-order valence-corrected chi connectivity index (χ0v) is 13.7. The maximum absolute atomic E-state index is 5.92. The van der Waals surface area contributed by atoms with E-state index in [-0.39, 0.29) is 0 Å². The maximum Gasteiger partial charge on any atom is 0.227 e. The van der Waals surface area contributed by atoms with Crippen LogP contribution in [0.5, 0.6) is 0 Å². The van der Waals surface area contributed by atoms with Gasteiger partial charge in [-0.3, -0.25) is 0 Å². The van der Waals surface area contributed by atoms with E-state index >= 15 is 0 Å². The van der Waals surface area contributed by atoms with Crippen molar-refractivity contribution in [2.24, 2.45) is 0 Å². The lowest BCUT2D eigenvalue weighted by Crippen LogP contribution is -1.83. The highest BCUT2D eigenvalue weighted by atomic mass is 79.9. The number of aromatic nitrogens is 1. The number of rotatable bonds is 2. The van der Waals surface area contributed by atoms with Gasteiger partial charge in [0.15, 0.2) is 5.58 Å². The Morgan fingerprint density at radius 2 is 1.57 bits per heavy atom. The Balaban J connectivity index is 1.85. The smallest absolute Gasteiger partial charge is 0.227 e. The molecule has 0 unspecified atom stereocenters. The average Bonchev–Trinajstić information content (AvgIpc) is 3.01. The summed E-state index contributed by atoms with van der Waals surface area (Å²) in [6.45, 7) is 0. The van der Waals surface area contributed by atoms with Gasteiger partial charge < -0.3 is 10.2 Å². The van der Waals surface area contributed by atoms with Gasteiger partial charge in [-0.05, 0) is 63.5 Å². The molecule has 3 nitrogen and oxygen atoms in total. The summed E-state index contributed by atoms with van der Waals surface area (Å²) in [6, 6.07) is 21.8. The number of hydrogen-bond acceptors (Lipinski definition) is 3. The van der Waals surface area contributed by atoms with E-state index in [1.807, 2.05) is 48.5 Å². The Kier molecular flexibility index (Phi) is 3.39. The molecule has 3 aromatic carbocycles. The van der Waals surface area contributed by atoms with Gasteiger partial charge in [-0.2, -0.15) is 0 Å². The van der Waals surface area contributed by atoms with E-state index < -0.39 is 0 Å². The van der Waals surface area contributed by atoms with Crippen molar-refractivity contribution in [1.29, 1.82) is 0 Å². The van der Waals surface area contributed by atoms with Crippen LogP contribution in [0.1, 0.15) is 0 Å². The number of nitrogens with zero attached hydrogens (tertiary/aromatic N) is 1. The van der Waals surface area contributed by atoms with Crippen molar-refractivity contribution in [3.63, 3.8) is 0 Å². The normalized spacial score (nSPS) is 11.0. The largest absolute Gasteiger partial charge is 0.435 e. The van der Waals surface area contributed by atoms with Crippen LogP contribution in [0.2, 0.25) is 0 Å². The Morgan fingerprint density at radius 3 is 2.30 bits per heavy atom. The fraction of sp³-hybridized carbons (Fsp3) is 0. The maximum atomic E-state index is 5.92. The van der Waals surface area contributed by atoms with E-state index in [0.29, 0.717) is 5.89 Å². The van der Waals surface area contributed by atoms with Gasteiger partial charge in [0.2, 0.25) is 5.89 Å². The first-order chi connectivity index (χ1) is 11.2. The van der Waals surface area contributed by atoms with Crippen molar-refractivity contribution < 1.29 is 4.42 Å². The molecule has 0 spiro atoms. The Hall–Kier alpha value is -2.59. The molecule has 23 heavy (non-hydrogen) atoms. The molecule has 0 aliphatic carbocycles. The molecule has 1 heterocycles. The topological polar surface area (TPSA) is 52.0 Å². The minimum absolute atomic E-state index is 0.589. The third-order valence-electron chi connectivity index (χ3n) is 3.71. The molecular formula is C19H13BrN2O. The molecule has 2 N–H and O–H groups in total. The van der Waals surface area contributed by atoms with Crippen LogP contribution in [0, 0.1) is 0 Å². The Labute approximate surface area is 141 Å². The molecular weight excluding hydrogens is 352 g/mol. The molecule has 4 heteroatoms. The molecule has 0 saturated heterocycles. The van der Waals surface area contributed by atoms with Gasteiger partial charge in [0.1, 0.15) is 5.52 Å². The molecule has 0 saturated carbocycles. The van der Waals surface area contributed by atoms with Crippen LogP contribution in [-0.2, 0) is 0 Å². The van der Waals surface area contributed by atoms with Gasteiger partial charge in [0, 0.05) is 11.3 Å². The summed E-state index contributed by atoms with van der Waals surface area (Å²) in [5.41, 5.74) is 11.2. The Morgan fingerprint density at radius 1 is 0.826 bits per heavy atom. The van der Waals surface area contributed by atoms with Crippen LogP contribution in [0.25, 0.3) is 33.7 Å². The average molecular weight is 365 g/mol. The number of halogens is 1. The van der Waals surface area contributed by atoms with Crippen molar-refractivity contribution >= 4 is 32.7 Å². The molecule has 112 valence electrons. The van der Waals surface area contributed by atoms with Crippen molar-refractivity contribution in [2.75, 3.05) is 5.73 Å². The van der Waals surface area contributed by atoms with Gasteiger partial charge in [0.05, 0.1) is 4.47 Å². The zero-order valence-electron chi connectivity index (χ0n) is 12.2. The number of benzene rings is 3. The molecule has 0 aliphatic rings. The first kappa shape index (κ1) is 14.0. The minimum Gasteiger partial charge on any atom is -0.435 e. The van der Waals surface area contributed by atoms with Gasteiger partial charge in [-0.25, -0.2) is 4.98 Å². The SMILES string of the molecule is Nc1ccc(-c2nc3cc(-c4ccccc4)cc(Br)c3o2)cc1. The third kappa shape index (κ3) is 2.62. The number of fused-ring (bicyclic) bond motifs is 1. The van der Waals surface area contributed by atoms with Crippen molar-refractivity contribution in [3.05, 3.63) is 71.2 Å². The summed E-state index contributed by atoms with van der Waals surface area (Å²) >= 11 is 3.59. The fourth-order valence-corrected chi connectivity index (χ4v) is 3.07. The molecule has 1 aromatic heterocycles. The van der Waals surface area contributed by atoms with Gasteiger partial charge in [-0.15, -0.1) is 0 Å². The first-order valence-corrected chi connectivity index (χ1v) is 8.01. The fourth-order valence-electron chi connectivity index (χ4n) is 2.54. The van der Waals surface area contributed by atoms with Gasteiger partial charge in [0.25, 0.3) is 0 Å². The van der Waals surface area contributed by atoms with Crippen LogP contribution in [0.3, 0.4) is 0 Å². The van der Waals surface area contributed by atoms with E-state index in [1.54, 1.807) is 0 Å². The van der Waals surface area contributed by atoms with Gasteiger partial charge >= 0.3 is 0 Å². The second-order valence-electron chi connectivity index (χ2n) is 5.31. The second kappa shape index (κ2) is 5.56. The predicted octanol–water partition coefficient (Wildman–Crippen LogP) is 5.51. The predicted molar refractivity (Wildman–Crippen MR) is 97.0 cm³/mol. The van der Waals surface area contributed by atoms with Gasteiger partial charge in [-0.1, -0.05) is 30.3 Å². The Bertz CT molecular complexity index is 976. The summed E-state index contributed by atoms with van der Waals surface area (Å²) in [7, 11) is 0. The number of hydrogen-bond donors (Lipinski definition) is 1. The lowest BCUT2D eigenvalue weighted by atomic mass is 10.1. The van der Waals surface area contributed by atoms with E-state index in [2.05, 4.69) is 39.1 Å². The summed E-state index contributed by atoms with van der Waals surface area (Å²) in [5.74, 6) is 0.589. The zero-order chi connectivity index (χ0) is 15.8. The number of anilines is 1. The number of nitrogens with two attached hydrogens (primary N) is 1. The lowest BCUT2D eigenvalue weighted by Gasteiger charge is -2.02. The van der Waals surface area contributed by atoms with Crippen LogP contribution < -0.4 is 5.73 Å².